The molecule has 0 saturated heterocycles. The summed E-state index contributed by atoms with van der Waals surface area (Å²) in [6.07, 6.45) is 6.52. The molecule has 0 fully saturated rings. The Balaban J connectivity index is 1.46. The van der Waals surface area contributed by atoms with E-state index in [1.54, 1.807) is 25.5 Å². The average molecular weight is 444 g/mol. The smallest absolute Gasteiger partial charge is 0.269 e. The number of aromatic nitrogens is 2. The van der Waals surface area contributed by atoms with Crippen LogP contribution < -0.4 is 10.6 Å². The van der Waals surface area contributed by atoms with E-state index in [9.17, 15) is 14.4 Å². The molecule has 2 aliphatic heterocycles. The summed E-state index contributed by atoms with van der Waals surface area (Å²) in [6.45, 7) is 4.56. The lowest BCUT2D eigenvalue weighted by atomic mass is 10.0. The van der Waals surface area contributed by atoms with Crippen LogP contribution in [0.3, 0.4) is 0 Å². The minimum absolute atomic E-state index is 0.184. The first-order chi connectivity index (χ1) is 16.1. The topological polar surface area (TPSA) is 108 Å². The molecule has 0 aliphatic carbocycles. The first-order valence-corrected chi connectivity index (χ1v) is 10.7. The molecule has 0 unspecified atom stereocenters. The Bertz CT molecular complexity index is 1210. The van der Waals surface area contributed by atoms with Gasteiger partial charge < -0.3 is 15.5 Å². The van der Waals surface area contributed by atoms with Crippen molar-refractivity contribution in [2.75, 3.05) is 32.0 Å². The molecule has 0 saturated carbocycles. The van der Waals surface area contributed by atoms with Gasteiger partial charge in [0.2, 0.25) is 0 Å². The molecule has 2 N–H and O–H groups in total. The van der Waals surface area contributed by atoms with Crippen LogP contribution in [-0.2, 0) is 16.1 Å². The van der Waals surface area contributed by atoms with Crippen LogP contribution in [0.4, 0.5) is 5.69 Å². The van der Waals surface area contributed by atoms with E-state index in [2.05, 4.69) is 31.6 Å². The first kappa shape index (κ1) is 22.2. The number of rotatable bonds is 5. The third kappa shape index (κ3) is 4.47. The second kappa shape index (κ2) is 9.63. The van der Waals surface area contributed by atoms with Gasteiger partial charge in [0, 0.05) is 45.6 Å². The molecule has 0 spiro atoms. The molecule has 0 aromatic carbocycles. The van der Waals surface area contributed by atoms with Gasteiger partial charge in [0.15, 0.2) is 23.4 Å². The van der Waals surface area contributed by atoms with Crippen molar-refractivity contribution in [1.82, 2.24) is 25.1 Å². The van der Waals surface area contributed by atoms with Crippen LogP contribution >= 0.6 is 0 Å². The van der Waals surface area contributed by atoms with Crippen LogP contribution in [0.1, 0.15) is 40.7 Å². The number of nitrogens with one attached hydrogen (secondary N) is 2. The first-order valence-electron chi connectivity index (χ1n) is 10.7. The predicted molar refractivity (Wildman–Crippen MR) is 124 cm³/mol. The van der Waals surface area contributed by atoms with Crippen molar-refractivity contribution in [3.05, 3.63) is 65.0 Å². The summed E-state index contributed by atoms with van der Waals surface area (Å²) in [5.41, 5.74) is 4.90. The van der Waals surface area contributed by atoms with Gasteiger partial charge in [-0.15, -0.1) is 0 Å². The van der Waals surface area contributed by atoms with Crippen molar-refractivity contribution in [2.45, 2.75) is 19.9 Å². The summed E-state index contributed by atoms with van der Waals surface area (Å²) in [6, 6.07) is 5.57. The fourth-order valence-electron chi connectivity index (χ4n) is 4.03. The maximum absolute atomic E-state index is 11.7. The third-order valence-electron chi connectivity index (χ3n) is 5.76. The molecular formula is C24H24N6O3. The largest absolute Gasteiger partial charge is 0.354 e. The molecule has 1 amide bonds. The molecule has 0 radical (unpaired) electrons. The summed E-state index contributed by atoms with van der Waals surface area (Å²) >= 11 is 0. The number of nitrogens with zero attached hydrogens (tertiary/aromatic N) is 4. The second-order valence-electron chi connectivity index (χ2n) is 7.74. The zero-order valence-corrected chi connectivity index (χ0v) is 18.5. The predicted octanol–water partition coefficient (Wildman–Crippen LogP) is 1.72. The highest BCUT2D eigenvalue weighted by Crippen LogP contribution is 2.32. The van der Waals surface area contributed by atoms with E-state index < -0.39 is 0 Å². The summed E-state index contributed by atoms with van der Waals surface area (Å²) in [7, 11) is 1.58. The number of hydrogen-bond donors (Lipinski definition) is 2. The summed E-state index contributed by atoms with van der Waals surface area (Å²) < 4.78 is 0. The zero-order chi connectivity index (χ0) is 23.4. The molecule has 0 bridgehead atoms. The Morgan fingerprint density at radius 1 is 1.21 bits per heavy atom. The minimum atomic E-state index is -0.201. The van der Waals surface area contributed by atoms with Crippen LogP contribution in [0.2, 0.25) is 0 Å². The van der Waals surface area contributed by atoms with Crippen molar-refractivity contribution in [1.29, 1.82) is 0 Å². The molecular weight excluding hydrogens is 420 g/mol. The van der Waals surface area contributed by atoms with Crippen molar-refractivity contribution in [2.24, 2.45) is 0 Å². The standard InChI is InChI=1S/C24H24N6O3/c1-3-30-21(14-31)23-20(28-22(30)15-32)10-16(11-27-23)13-29-8-6-17(7-9-29)18-4-5-19(26-12-18)24(33)25-2/h4-6,10-12,28H,3,7-9,13H2,1-2H3,(H,25,33). The van der Waals surface area contributed by atoms with Gasteiger partial charge in [-0.25, -0.2) is 9.59 Å². The van der Waals surface area contributed by atoms with Gasteiger partial charge >= 0.3 is 0 Å². The van der Waals surface area contributed by atoms with Crippen LogP contribution in [0.25, 0.3) is 11.3 Å². The van der Waals surface area contributed by atoms with Crippen LogP contribution in [0.15, 0.2) is 42.5 Å². The van der Waals surface area contributed by atoms with Crippen molar-refractivity contribution >= 4 is 34.7 Å². The Hall–Kier alpha value is -4.03. The Kier molecular flexibility index (Phi) is 6.47. The normalized spacial score (nSPS) is 15.7. The molecule has 9 nitrogen and oxygen atoms in total. The van der Waals surface area contributed by atoms with E-state index in [0.29, 0.717) is 30.2 Å². The highest BCUT2D eigenvalue weighted by atomic mass is 16.1. The number of carbonyl (C=O) groups is 1. The molecule has 0 atom stereocenters. The van der Waals surface area contributed by atoms with Crippen molar-refractivity contribution in [3.8, 4) is 0 Å². The maximum Gasteiger partial charge on any atom is 0.269 e. The molecule has 4 heterocycles. The van der Waals surface area contributed by atoms with E-state index in [1.807, 2.05) is 30.9 Å². The van der Waals surface area contributed by atoms with E-state index in [-0.39, 0.29) is 17.4 Å². The average Bonchev–Trinajstić information content (AvgIpc) is 2.87. The van der Waals surface area contributed by atoms with Crippen LogP contribution in [0.5, 0.6) is 0 Å². The SMILES string of the molecule is CCN1C(=C=O)Nc2cc(CN3CC=C(c4ccc(C(=O)NC)nc4)CC3)cnc2C1=C=O. The highest BCUT2D eigenvalue weighted by Gasteiger charge is 2.27. The lowest BCUT2D eigenvalue weighted by molar-refractivity contribution is 0.0958. The Morgan fingerprint density at radius 3 is 2.67 bits per heavy atom. The number of pyridine rings is 2. The van der Waals surface area contributed by atoms with Gasteiger partial charge in [0.25, 0.3) is 5.91 Å². The van der Waals surface area contributed by atoms with E-state index in [0.717, 1.165) is 30.6 Å². The molecule has 33 heavy (non-hydrogen) atoms. The van der Waals surface area contributed by atoms with Crippen LogP contribution in [0, 0.1) is 0 Å². The summed E-state index contributed by atoms with van der Waals surface area (Å²) in [5.74, 6) is 3.74. The van der Waals surface area contributed by atoms with Gasteiger partial charge in [-0.1, -0.05) is 12.1 Å². The number of anilines is 1. The third-order valence-corrected chi connectivity index (χ3v) is 5.76. The zero-order valence-electron chi connectivity index (χ0n) is 18.5. The van der Waals surface area contributed by atoms with Gasteiger partial charge in [-0.05, 0) is 42.2 Å². The Morgan fingerprint density at radius 2 is 2.06 bits per heavy atom. The summed E-state index contributed by atoms with van der Waals surface area (Å²) in [4.78, 5) is 47.0. The number of amides is 1. The highest BCUT2D eigenvalue weighted by molar-refractivity contribution is 5.94. The molecule has 9 heteroatoms. The second-order valence-corrected chi connectivity index (χ2v) is 7.74. The van der Waals surface area contributed by atoms with Crippen LogP contribution in [-0.4, -0.2) is 64.2 Å². The minimum Gasteiger partial charge on any atom is -0.354 e. The van der Waals surface area contributed by atoms with Crippen molar-refractivity contribution < 1.29 is 14.4 Å². The van der Waals surface area contributed by atoms with E-state index >= 15 is 0 Å². The molecule has 2 aromatic heterocycles. The monoisotopic (exact) mass is 444 g/mol. The fraction of sp³-hybridized carbons (Fsp3) is 0.292. The van der Waals surface area contributed by atoms with Gasteiger partial charge in [0.1, 0.15) is 11.4 Å². The number of carbonyl (C=O) groups excluding carboxylic acids is 3. The van der Waals surface area contributed by atoms with E-state index in [1.165, 1.54) is 10.5 Å². The van der Waals surface area contributed by atoms with Gasteiger partial charge in [-0.2, -0.15) is 0 Å². The van der Waals surface area contributed by atoms with Gasteiger partial charge in [-0.3, -0.25) is 19.7 Å². The number of fused-ring (bicyclic) bond motifs is 1. The van der Waals surface area contributed by atoms with E-state index in [4.69, 9.17) is 0 Å². The Labute approximate surface area is 191 Å². The van der Waals surface area contributed by atoms with Gasteiger partial charge in [0.05, 0.1) is 5.69 Å². The molecule has 2 aliphatic rings. The van der Waals surface area contributed by atoms with Crippen molar-refractivity contribution in [3.63, 3.8) is 0 Å². The molecule has 4 rings (SSSR count). The summed E-state index contributed by atoms with van der Waals surface area (Å²) in [5, 5.41) is 5.60. The molecule has 168 valence electrons. The molecule has 2 aromatic rings. The lowest BCUT2D eigenvalue weighted by Gasteiger charge is -2.31. The number of hydrogen-bond acceptors (Lipinski definition) is 8. The fourth-order valence-corrected chi connectivity index (χ4v) is 4.03. The maximum atomic E-state index is 11.7. The quantitative estimate of drug-likeness (QED) is 0.672. The lowest BCUT2D eigenvalue weighted by Crippen LogP contribution is -2.32.